The Labute approximate surface area is 133 Å². The summed E-state index contributed by atoms with van der Waals surface area (Å²) in [4.78, 5) is 1.32. The van der Waals surface area contributed by atoms with Gasteiger partial charge in [0, 0.05) is 22.5 Å². The van der Waals surface area contributed by atoms with Crippen molar-refractivity contribution in [3.63, 3.8) is 0 Å². The molecule has 3 nitrogen and oxygen atoms in total. The molecule has 0 unspecified atom stereocenters. The molecule has 19 heavy (non-hydrogen) atoms. The van der Waals surface area contributed by atoms with Crippen LogP contribution < -0.4 is 5.32 Å². The maximum Gasteiger partial charge on any atom is 0.129 e. The van der Waals surface area contributed by atoms with Gasteiger partial charge in [0.15, 0.2) is 0 Å². The maximum absolute atomic E-state index is 5.51. The smallest absolute Gasteiger partial charge is 0.129 e. The Kier molecular flexibility index (Phi) is 6.59. The van der Waals surface area contributed by atoms with Crippen LogP contribution in [0.3, 0.4) is 0 Å². The van der Waals surface area contributed by atoms with Crippen LogP contribution in [0, 0.1) is 0 Å². The summed E-state index contributed by atoms with van der Waals surface area (Å²) in [5.41, 5.74) is 0. The summed E-state index contributed by atoms with van der Waals surface area (Å²) in [6.07, 6.45) is 2.66. The Morgan fingerprint density at radius 3 is 2.95 bits per heavy atom. The number of hydrogen-bond acceptors (Lipinski definition) is 4. The van der Waals surface area contributed by atoms with Crippen LogP contribution in [0.25, 0.3) is 0 Å². The van der Waals surface area contributed by atoms with Crippen LogP contribution in [-0.4, -0.2) is 13.2 Å². The molecule has 0 fully saturated rings. The molecule has 0 aromatic carbocycles. The standard InChI is InChI=1S/C13H15Br2NO2S/c14-12-7-11(19-13(12)15)8-16-4-2-5-17-9-10-3-1-6-18-10/h1,3,6-7,16H,2,4-5,8-9H2. The van der Waals surface area contributed by atoms with Crippen molar-refractivity contribution in [1.29, 1.82) is 0 Å². The van der Waals surface area contributed by atoms with E-state index in [1.165, 1.54) is 4.88 Å². The molecule has 1 N–H and O–H groups in total. The fraction of sp³-hybridized carbons (Fsp3) is 0.385. The SMILES string of the molecule is Brc1cc(CNCCCOCc2ccco2)sc1Br. The molecule has 104 valence electrons. The fourth-order valence-corrected chi connectivity index (χ4v) is 3.70. The van der Waals surface area contributed by atoms with Gasteiger partial charge in [0.1, 0.15) is 12.4 Å². The zero-order valence-electron chi connectivity index (χ0n) is 10.3. The third-order valence-corrected chi connectivity index (χ3v) is 5.72. The summed E-state index contributed by atoms with van der Waals surface area (Å²) in [6, 6.07) is 5.93. The van der Waals surface area contributed by atoms with E-state index in [0.29, 0.717) is 6.61 Å². The van der Waals surface area contributed by atoms with Crippen molar-refractivity contribution in [1.82, 2.24) is 5.32 Å². The highest BCUT2D eigenvalue weighted by Gasteiger charge is 2.03. The molecular weight excluding hydrogens is 394 g/mol. The Morgan fingerprint density at radius 1 is 1.37 bits per heavy atom. The molecule has 0 atom stereocenters. The topological polar surface area (TPSA) is 34.4 Å². The maximum atomic E-state index is 5.51. The van der Waals surface area contributed by atoms with Crippen molar-refractivity contribution in [2.45, 2.75) is 19.6 Å². The van der Waals surface area contributed by atoms with Crippen LogP contribution in [0.2, 0.25) is 0 Å². The Morgan fingerprint density at radius 2 is 2.26 bits per heavy atom. The molecule has 2 rings (SSSR count). The zero-order chi connectivity index (χ0) is 13.5. The molecule has 0 radical (unpaired) electrons. The molecule has 0 aliphatic heterocycles. The Bertz CT molecular complexity index is 465. The van der Waals surface area contributed by atoms with Crippen molar-refractivity contribution >= 4 is 43.2 Å². The minimum atomic E-state index is 0.553. The quantitative estimate of drug-likeness (QED) is 0.650. The predicted molar refractivity (Wildman–Crippen MR) is 84.4 cm³/mol. The van der Waals surface area contributed by atoms with Gasteiger partial charge >= 0.3 is 0 Å². The third kappa shape index (κ3) is 5.39. The van der Waals surface area contributed by atoms with Gasteiger partial charge in [0.25, 0.3) is 0 Å². The second-order valence-electron chi connectivity index (χ2n) is 4.00. The van der Waals surface area contributed by atoms with E-state index in [-0.39, 0.29) is 0 Å². The molecule has 0 aliphatic carbocycles. The van der Waals surface area contributed by atoms with Gasteiger partial charge in [-0.3, -0.25) is 0 Å². The number of ether oxygens (including phenoxy) is 1. The second-order valence-corrected chi connectivity index (χ2v) is 7.31. The molecule has 2 aromatic heterocycles. The molecule has 0 saturated heterocycles. The van der Waals surface area contributed by atoms with E-state index in [0.717, 1.165) is 40.1 Å². The molecule has 0 spiro atoms. The molecule has 0 bridgehead atoms. The lowest BCUT2D eigenvalue weighted by Crippen LogP contribution is -2.15. The average Bonchev–Trinajstić information content (AvgIpc) is 2.99. The molecule has 6 heteroatoms. The van der Waals surface area contributed by atoms with Crippen LogP contribution in [-0.2, 0) is 17.9 Å². The van der Waals surface area contributed by atoms with Gasteiger partial charge in [0.05, 0.1) is 10.0 Å². The summed E-state index contributed by atoms with van der Waals surface area (Å²) in [5.74, 6) is 0.876. The summed E-state index contributed by atoms with van der Waals surface area (Å²) in [6.45, 7) is 3.14. The van der Waals surface area contributed by atoms with Gasteiger partial charge in [-0.05, 0) is 63.0 Å². The van der Waals surface area contributed by atoms with Crippen molar-refractivity contribution in [3.05, 3.63) is 43.4 Å². The van der Waals surface area contributed by atoms with E-state index in [2.05, 4.69) is 43.2 Å². The third-order valence-electron chi connectivity index (χ3n) is 2.46. The van der Waals surface area contributed by atoms with Crippen molar-refractivity contribution < 1.29 is 9.15 Å². The van der Waals surface area contributed by atoms with Gasteiger partial charge in [-0.25, -0.2) is 0 Å². The van der Waals surface area contributed by atoms with Crippen LogP contribution in [0.5, 0.6) is 0 Å². The van der Waals surface area contributed by atoms with Crippen LogP contribution in [0.4, 0.5) is 0 Å². The molecular formula is C13H15Br2NO2S. The first-order chi connectivity index (χ1) is 9.25. The van der Waals surface area contributed by atoms with E-state index >= 15 is 0 Å². The summed E-state index contributed by atoms with van der Waals surface area (Å²) in [7, 11) is 0. The van der Waals surface area contributed by atoms with E-state index in [1.54, 1.807) is 17.6 Å². The monoisotopic (exact) mass is 407 g/mol. The first kappa shape index (κ1) is 15.3. The zero-order valence-corrected chi connectivity index (χ0v) is 14.3. The van der Waals surface area contributed by atoms with Gasteiger partial charge < -0.3 is 14.5 Å². The van der Waals surface area contributed by atoms with Crippen molar-refractivity contribution in [2.75, 3.05) is 13.2 Å². The van der Waals surface area contributed by atoms with Gasteiger partial charge in [-0.2, -0.15) is 0 Å². The van der Waals surface area contributed by atoms with Gasteiger partial charge in [-0.1, -0.05) is 0 Å². The first-order valence-corrected chi connectivity index (χ1v) is 8.40. The summed E-state index contributed by atoms with van der Waals surface area (Å²) < 4.78 is 13.0. The minimum Gasteiger partial charge on any atom is -0.467 e. The van der Waals surface area contributed by atoms with E-state index in [1.807, 2.05) is 12.1 Å². The molecule has 0 amide bonds. The van der Waals surface area contributed by atoms with E-state index < -0.39 is 0 Å². The highest BCUT2D eigenvalue weighted by atomic mass is 79.9. The fourth-order valence-electron chi connectivity index (χ4n) is 1.56. The lowest BCUT2D eigenvalue weighted by atomic mass is 10.4. The van der Waals surface area contributed by atoms with Gasteiger partial charge in [-0.15, -0.1) is 11.3 Å². The second kappa shape index (κ2) is 8.21. The Hall–Kier alpha value is -0.140. The average molecular weight is 409 g/mol. The highest BCUT2D eigenvalue weighted by Crippen LogP contribution is 2.32. The number of rotatable bonds is 8. The largest absolute Gasteiger partial charge is 0.467 e. The number of furan rings is 1. The lowest BCUT2D eigenvalue weighted by molar-refractivity contribution is 0.104. The number of nitrogens with one attached hydrogen (secondary N) is 1. The van der Waals surface area contributed by atoms with Crippen LogP contribution in [0.15, 0.2) is 37.1 Å². The molecule has 0 aliphatic rings. The molecule has 2 aromatic rings. The number of halogens is 2. The Balaban J connectivity index is 1.50. The minimum absolute atomic E-state index is 0.553. The summed E-state index contributed by atoms with van der Waals surface area (Å²) >= 11 is 8.72. The predicted octanol–water partition coefficient (Wildman–Crippen LogP) is 4.56. The molecule has 2 heterocycles. The normalized spacial score (nSPS) is 11.1. The number of hydrogen-bond donors (Lipinski definition) is 1. The van der Waals surface area contributed by atoms with Crippen LogP contribution >= 0.6 is 43.2 Å². The first-order valence-electron chi connectivity index (χ1n) is 6.00. The van der Waals surface area contributed by atoms with Gasteiger partial charge in [0.2, 0.25) is 0 Å². The lowest BCUT2D eigenvalue weighted by Gasteiger charge is -2.04. The summed E-state index contributed by atoms with van der Waals surface area (Å²) in [5, 5.41) is 3.40. The van der Waals surface area contributed by atoms with Crippen molar-refractivity contribution in [3.8, 4) is 0 Å². The molecule has 0 saturated carbocycles. The van der Waals surface area contributed by atoms with E-state index in [4.69, 9.17) is 9.15 Å². The van der Waals surface area contributed by atoms with E-state index in [9.17, 15) is 0 Å². The highest BCUT2D eigenvalue weighted by molar-refractivity contribution is 9.13. The van der Waals surface area contributed by atoms with Crippen molar-refractivity contribution in [2.24, 2.45) is 0 Å². The van der Waals surface area contributed by atoms with Crippen LogP contribution in [0.1, 0.15) is 17.1 Å². The number of thiophene rings is 1.